The summed E-state index contributed by atoms with van der Waals surface area (Å²) >= 11 is 1.24. The van der Waals surface area contributed by atoms with Gasteiger partial charge in [-0.25, -0.2) is 8.42 Å². The van der Waals surface area contributed by atoms with Crippen LogP contribution in [-0.4, -0.2) is 62.8 Å². The Morgan fingerprint density at radius 2 is 1.96 bits per heavy atom. The molecular formula is C17H27N3O3S2. The average molecular weight is 386 g/mol. The first-order valence-corrected chi connectivity index (χ1v) is 11.3. The van der Waals surface area contributed by atoms with Crippen LogP contribution >= 0.6 is 11.3 Å². The number of thiophene rings is 1. The maximum atomic E-state index is 12.7. The molecule has 2 aliphatic rings. The standard InChI is InChI=1S/C17H27N3O3S2/c1-18-13-14-6-5-11-20(14)16(21)12-15-7-8-17(24-15)25(22,23)19-9-3-2-4-10-19/h7-8,14,18H,2-6,9-13H2,1H3. The van der Waals surface area contributed by atoms with Crippen LogP contribution in [0.1, 0.15) is 37.0 Å². The minimum Gasteiger partial charge on any atom is -0.338 e. The van der Waals surface area contributed by atoms with Crippen LogP contribution in [0.15, 0.2) is 16.3 Å². The molecule has 0 spiro atoms. The lowest BCUT2D eigenvalue weighted by molar-refractivity contribution is -0.131. The number of nitrogens with zero attached hydrogens (tertiary/aromatic N) is 2. The van der Waals surface area contributed by atoms with E-state index in [2.05, 4.69) is 5.32 Å². The van der Waals surface area contributed by atoms with Crippen LogP contribution in [0.5, 0.6) is 0 Å². The highest BCUT2D eigenvalue weighted by Crippen LogP contribution is 2.28. The molecule has 140 valence electrons. The molecule has 2 fully saturated rings. The van der Waals surface area contributed by atoms with E-state index in [9.17, 15) is 13.2 Å². The highest BCUT2D eigenvalue weighted by Gasteiger charge is 2.30. The normalized spacial score (nSPS) is 22.4. The maximum Gasteiger partial charge on any atom is 0.252 e. The second-order valence-corrected chi connectivity index (χ2v) is 10.1. The van der Waals surface area contributed by atoms with Crippen molar-refractivity contribution in [2.75, 3.05) is 33.2 Å². The molecule has 3 rings (SSSR count). The average Bonchev–Trinajstić information content (AvgIpc) is 3.26. The summed E-state index contributed by atoms with van der Waals surface area (Å²) in [4.78, 5) is 15.4. The molecule has 1 atom stereocenters. The van der Waals surface area contributed by atoms with Crippen LogP contribution in [0.4, 0.5) is 0 Å². The van der Waals surface area contributed by atoms with Crippen molar-refractivity contribution in [2.45, 2.75) is 48.8 Å². The summed E-state index contributed by atoms with van der Waals surface area (Å²) in [6.07, 6.45) is 5.32. The van der Waals surface area contributed by atoms with Crippen molar-refractivity contribution in [3.05, 3.63) is 17.0 Å². The molecule has 0 aromatic carbocycles. The number of hydrogen-bond acceptors (Lipinski definition) is 5. The predicted molar refractivity (Wildman–Crippen MR) is 99.3 cm³/mol. The first kappa shape index (κ1) is 18.8. The number of amides is 1. The largest absolute Gasteiger partial charge is 0.338 e. The van der Waals surface area contributed by atoms with Gasteiger partial charge >= 0.3 is 0 Å². The number of piperidine rings is 1. The van der Waals surface area contributed by atoms with E-state index in [-0.39, 0.29) is 11.9 Å². The SMILES string of the molecule is CNCC1CCCN1C(=O)Cc1ccc(S(=O)(=O)N2CCCCC2)s1. The van der Waals surface area contributed by atoms with Crippen LogP contribution in [0, 0.1) is 0 Å². The van der Waals surface area contributed by atoms with Crippen molar-refractivity contribution in [1.82, 2.24) is 14.5 Å². The third-order valence-electron chi connectivity index (χ3n) is 5.01. The summed E-state index contributed by atoms with van der Waals surface area (Å²) in [6.45, 7) is 2.82. The Hall–Kier alpha value is -0.960. The minimum atomic E-state index is -3.40. The monoisotopic (exact) mass is 385 g/mol. The molecule has 25 heavy (non-hydrogen) atoms. The lowest BCUT2D eigenvalue weighted by Gasteiger charge is -2.25. The maximum absolute atomic E-state index is 12.7. The van der Waals surface area contributed by atoms with Gasteiger partial charge in [0.1, 0.15) is 4.21 Å². The van der Waals surface area contributed by atoms with Crippen molar-refractivity contribution in [3.8, 4) is 0 Å². The Kier molecular flexibility index (Phi) is 6.14. The summed E-state index contributed by atoms with van der Waals surface area (Å²) in [6, 6.07) is 3.71. The van der Waals surface area contributed by atoms with Gasteiger partial charge in [0.2, 0.25) is 5.91 Å². The molecule has 1 N–H and O–H groups in total. The molecule has 1 aromatic rings. The third kappa shape index (κ3) is 4.24. The molecule has 2 aliphatic heterocycles. The molecule has 0 aliphatic carbocycles. The molecule has 3 heterocycles. The number of likely N-dealkylation sites (N-methyl/N-ethyl adjacent to an activating group) is 1. The van der Waals surface area contributed by atoms with Gasteiger partial charge in [-0.15, -0.1) is 11.3 Å². The van der Waals surface area contributed by atoms with Gasteiger partial charge in [-0.05, 0) is 44.9 Å². The number of sulfonamides is 1. The van der Waals surface area contributed by atoms with Crippen molar-refractivity contribution in [2.24, 2.45) is 0 Å². The second-order valence-electron chi connectivity index (χ2n) is 6.80. The predicted octanol–water partition coefficient (Wildman–Crippen LogP) is 1.68. The summed E-state index contributed by atoms with van der Waals surface area (Å²) in [5, 5.41) is 3.14. The molecule has 8 heteroatoms. The Morgan fingerprint density at radius 1 is 1.20 bits per heavy atom. The first-order chi connectivity index (χ1) is 12.0. The molecule has 1 amide bonds. The summed E-state index contributed by atoms with van der Waals surface area (Å²) in [5.74, 6) is 0.0986. The van der Waals surface area contributed by atoms with Gasteiger partial charge in [0.25, 0.3) is 10.0 Å². The van der Waals surface area contributed by atoms with E-state index in [4.69, 9.17) is 0 Å². The molecule has 0 radical (unpaired) electrons. The smallest absolute Gasteiger partial charge is 0.252 e. The quantitative estimate of drug-likeness (QED) is 0.809. The van der Waals surface area contributed by atoms with Gasteiger partial charge in [-0.2, -0.15) is 4.31 Å². The fraction of sp³-hybridized carbons (Fsp3) is 0.706. The molecule has 1 aromatic heterocycles. The van der Waals surface area contributed by atoms with Crippen LogP contribution in [0.3, 0.4) is 0 Å². The number of hydrogen-bond donors (Lipinski definition) is 1. The zero-order valence-electron chi connectivity index (χ0n) is 14.7. The number of carbonyl (C=O) groups excluding carboxylic acids is 1. The summed E-state index contributed by atoms with van der Waals surface area (Å²) in [7, 11) is -1.50. The summed E-state index contributed by atoms with van der Waals surface area (Å²) in [5.41, 5.74) is 0. The van der Waals surface area contributed by atoms with Crippen molar-refractivity contribution >= 4 is 27.3 Å². The summed E-state index contributed by atoms with van der Waals surface area (Å²) < 4.78 is 27.4. The molecular weight excluding hydrogens is 358 g/mol. The van der Waals surface area contributed by atoms with E-state index in [0.29, 0.717) is 23.7 Å². The Balaban J connectivity index is 1.66. The van der Waals surface area contributed by atoms with Crippen molar-refractivity contribution in [3.63, 3.8) is 0 Å². The first-order valence-electron chi connectivity index (χ1n) is 9.05. The number of likely N-dealkylation sites (tertiary alicyclic amines) is 1. The van der Waals surface area contributed by atoms with E-state index in [1.807, 2.05) is 11.9 Å². The van der Waals surface area contributed by atoms with E-state index < -0.39 is 10.0 Å². The molecule has 6 nitrogen and oxygen atoms in total. The van der Waals surface area contributed by atoms with E-state index in [1.165, 1.54) is 11.3 Å². The van der Waals surface area contributed by atoms with Crippen molar-refractivity contribution < 1.29 is 13.2 Å². The highest BCUT2D eigenvalue weighted by atomic mass is 32.2. The highest BCUT2D eigenvalue weighted by molar-refractivity contribution is 7.91. The van der Waals surface area contributed by atoms with Crippen LogP contribution in [0.25, 0.3) is 0 Å². The molecule has 2 saturated heterocycles. The zero-order valence-corrected chi connectivity index (χ0v) is 16.4. The van der Waals surface area contributed by atoms with Crippen LogP contribution < -0.4 is 5.32 Å². The Labute approximate surface area is 154 Å². The van der Waals surface area contributed by atoms with Gasteiger partial charge in [0.15, 0.2) is 0 Å². The Morgan fingerprint density at radius 3 is 2.68 bits per heavy atom. The third-order valence-corrected chi connectivity index (χ3v) is 8.46. The van der Waals surface area contributed by atoms with Crippen molar-refractivity contribution in [1.29, 1.82) is 0 Å². The fourth-order valence-electron chi connectivity index (χ4n) is 3.69. The fourth-order valence-corrected chi connectivity index (χ4v) is 6.71. The van der Waals surface area contributed by atoms with Gasteiger partial charge in [0.05, 0.1) is 6.42 Å². The van der Waals surface area contributed by atoms with Gasteiger partial charge in [-0.1, -0.05) is 6.42 Å². The lowest BCUT2D eigenvalue weighted by Crippen LogP contribution is -2.41. The van der Waals surface area contributed by atoms with E-state index >= 15 is 0 Å². The number of rotatable bonds is 6. The zero-order chi connectivity index (χ0) is 17.9. The van der Waals surface area contributed by atoms with Gasteiger partial charge in [-0.3, -0.25) is 4.79 Å². The van der Waals surface area contributed by atoms with Gasteiger partial charge < -0.3 is 10.2 Å². The van der Waals surface area contributed by atoms with E-state index in [1.54, 1.807) is 16.4 Å². The molecule has 0 saturated carbocycles. The number of carbonyl (C=O) groups is 1. The second kappa shape index (κ2) is 8.16. The minimum absolute atomic E-state index is 0.0986. The van der Waals surface area contributed by atoms with Gasteiger partial charge in [0, 0.05) is 37.1 Å². The van der Waals surface area contributed by atoms with Crippen LogP contribution in [-0.2, 0) is 21.2 Å². The van der Waals surface area contributed by atoms with Crippen LogP contribution in [0.2, 0.25) is 0 Å². The topological polar surface area (TPSA) is 69.7 Å². The molecule has 0 bridgehead atoms. The number of nitrogens with one attached hydrogen (secondary N) is 1. The van der Waals surface area contributed by atoms with E-state index in [0.717, 1.165) is 50.1 Å². The molecule has 1 unspecified atom stereocenters. The Bertz CT molecular complexity index is 696. The lowest BCUT2D eigenvalue weighted by atomic mass is 10.2.